The summed E-state index contributed by atoms with van der Waals surface area (Å²) in [4.78, 5) is 0. The second-order valence-electron chi connectivity index (χ2n) is 2.50. The Morgan fingerprint density at radius 3 is 2.60 bits per heavy atom. The van der Waals surface area contributed by atoms with E-state index in [4.69, 9.17) is 4.74 Å². The van der Waals surface area contributed by atoms with Crippen molar-refractivity contribution in [2.75, 3.05) is 0 Å². The molecule has 0 bridgehead atoms. The van der Waals surface area contributed by atoms with Gasteiger partial charge in [0.1, 0.15) is 5.75 Å². The first-order valence-electron chi connectivity index (χ1n) is 3.77. The predicted octanol–water partition coefficient (Wildman–Crippen LogP) is 3.37. The largest absolute Gasteiger partial charge is 0.430 e. The lowest BCUT2D eigenvalue weighted by Crippen LogP contribution is -1.87. The Labute approximate surface area is 95.8 Å². The van der Waals surface area contributed by atoms with Gasteiger partial charge in [-0.25, -0.2) is 8.78 Å². The van der Waals surface area contributed by atoms with Gasteiger partial charge in [-0.15, -0.1) is 5.10 Å². The van der Waals surface area contributed by atoms with Crippen LogP contribution in [-0.4, -0.2) is 10.2 Å². The van der Waals surface area contributed by atoms with E-state index in [0.717, 1.165) is 23.5 Å². The molecule has 1 heterocycles. The molecule has 15 heavy (non-hydrogen) atoms. The van der Waals surface area contributed by atoms with Gasteiger partial charge in [0.05, 0.1) is 0 Å². The summed E-state index contributed by atoms with van der Waals surface area (Å²) in [6.45, 7) is 0. The van der Waals surface area contributed by atoms with Gasteiger partial charge in [-0.3, -0.25) is 0 Å². The normalized spacial score (nSPS) is 10.3. The third kappa shape index (κ3) is 2.48. The molecule has 3 nitrogen and oxygen atoms in total. The maximum Gasteiger partial charge on any atom is 0.300 e. The minimum Gasteiger partial charge on any atom is -0.430 e. The van der Waals surface area contributed by atoms with E-state index in [-0.39, 0.29) is 10.9 Å². The molecule has 2 aromatic rings. The van der Waals surface area contributed by atoms with Gasteiger partial charge in [0.2, 0.25) is 0 Å². The van der Waals surface area contributed by atoms with Crippen LogP contribution in [0, 0.1) is 11.6 Å². The third-order valence-electron chi connectivity index (χ3n) is 1.48. The second-order valence-corrected chi connectivity index (χ2v) is 4.72. The number of rotatable bonds is 2. The van der Waals surface area contributed by atoms with Crippen molar-refractivity contribution >= 4 is 27.3 Å². The van der Waals surface area contributed by atoms with Crippen molar-refractivity contribution in [3.05, 3.63) is 33.8 Å². The van der Waals surface area contributed by atoms with Crippen LogP contribution in [-0.2, 0) is 0 Å². The molecule has 7 heteroatoms. The number of nitrogens with zero attached hydrogens (tertiary/aromatic N) is 2. The van der Waals surface area contributed by atoms with Crippen LogP contribution in [0.25, 0.3) is 0 Å². The molecule has 0 aliphatic heterocycles. The van der Waals surface area contributed by atoms with E-state index in [2.05, 4.69) is 26.1 Å². The molecule has 0 saturated carbocycles. The van der Waals surface area contributed by atoms with E-state index in [9.17, 15) is 8.78 Å². The van der Waals surface area contributed by atoms with E-state index in [1.807, 2.05) is 0 Å². The molecule has 1 aromatic heterocycles. The Morgan fingerprint density at radius 2 is 2.00 bits per heavy atom. The molecule has 0 unspecified atom stereocenters. The zero-order valence-electron chi connectivity index (χ0n) is 7.08. The quantitative estimate of drug-likeness (QED) is 0.851. The van der Waals surface area contributed by atoms with Crippen LogP contribution >= 0.6 is 27.3 Å². The summed E-state index contributed by atoms with van der Waals surface area (Å²) in [5, 5.41) is 7.55. The molecule has 0 saturated heterocycles. The number of benzene rings is 1. The highest BCUT2D eigenvalue weighted by molar-refractivity contribution is 9.11. The van der Waals surface area contributed by atoms with Gasteiger partial charge in [-0.05, 0) is 39.4 Å². The molecular formula is C8H3BrF2N2OS. The lowest BCUT2D eigenvalue weighted by molar-refractivity contribution is 0.455. The number of hydrogen-bond donors (Lipinski definition) is 0. The third-order valence-corrected chi connectivity index (χ3v) is 2.71. The van der Waals surface area contributed by atoms with E-state index in [0.29, 0.717) is 3.92 Å². The maximum absolute atomic E-state index is 12.8. The summed E-state index contributed by atoms with van der Waals surface area (Å²) in [6.07, 6.45) is 0. The van der Waals surface area contributed by atoms with Crippen molar-refractivity contribution in [3.63, 3.8) is 0 Å². The van der Waals surface area contributed by atoms with Gasteiger partial charge in [-0.1, -0.05) is 5.10 Å². The van der Waals surface area contributed by atoms with Gasteiger partial charge in [0, 0.05) is 6.07 Å². The zero-order valence-corrected chi connectivity index (χ0v) is 9.48. The van der Waals surface area contributed by atoms with Crippen molar-refractivity contribution in [1.82, 2.24) is 10.2 Å². The van der Waals surface area contributed by atoms with Crippen LogP contribution in [0.4, 0.5) is 8.78 Å². The Balaban J connectivity index is 2.21. The summed E-state index contributed by atoms with van der Waals surface area (Å²) in [6, 6.07) is 3.25. The Morgan fingerprint density at radius 1 is 1.20 bits per heavy atom. The minimum atomic E-state index is -0.962. The first-order valence-corrected chi connectivity index (χ1v) is 5.38. The summed E-state index contributed by atoms with van der Waals surface area (Å²) in [5.41, 5.74) is 0. The smallest absolute Gasteiger partial charge is 0.300 e. The number of halogens is 3. The number of ether oxygens (including phenoxy) is 1. The fraction of sp³-hybridized carbons (Fsp3) is 0. The first-order chi connectivity index (χ1) is 7.15. The van der Waals surface area contributed by atoms with Crippen LogP contribution in [0.2, 0.25) is 0 Å². The predicted molar refractivity (Wildman–Crippen MR) is 54.0 cm³/mol. The van der Waals surface area contributed by atoms with Gasteiger partial charge in [0.25, 0.3) is 5.19 Å². The highest BCUT2D eigenvalue weighted by Gasteiger charge is 2.07. The SMILES string of the molecule is Fc1ccc(Oc2nnc(Br)s2)cc1F. The van der Waals surface area contributed by atoms with E-state index in [1.54, 1.807) is 0 Å². The van der Waals surface area contributed by atoms with Gasteiger partial charge >= 0.3 is 0 Å². The summed E-state index contributed by atoms with van der Waals surface area (Å²) < 4.78 is 31.1. The molecule has 0 atom stereocenters. The molecule has 2 rings (SSSR count). The van der Waals surface area contributed by atoms with Crippen molar-refractivity contribution in [2.24, 2.45) is 0 Å². The molecule has 1 aromatic carbocycles. The monoisotopic (exact) mass is 292 g/mol. The second kappa shape index (κ2) is 4.19. The fourth-order valence-corrected chi connectivity index (χ4v) is 1.82. The van der Waals surface area contributed by atoms with Gasteiger partial charge in [0.15, 0.2) is 15.6 Å². The van der Waals surface area contributed by atoms with Crippen molar-refractivity contribution in [3.8, 4) is 10.9 Å². The molecule has 0 radical (unpaired) electrons. The average Bonchev–Trinajstić information content (AvgIpc) is 2.58. The highest BCUT2D eigenvalue weighted by atomic mass is 79.9. The van der Waals surface area contributed by atoms with Gasteiger partial charge < -0.3 is 4.74 Å². The molecule has 0 fully saturated rings. The molecular weight excluding hydrogens is 290 g/mol. The van der Waals surface area contributed by atoms with Crippen LogP contribution in [0.15, 0.2) is 22.1 Å². The van der Waals surface area contributed by atoms with E-state index < -0.39 is 11.6 Å². The molecule has 78 valence electrons. The minimum absolute atomic E-state index is 0.178. The van der Waals surface area contributed by atoms with Crippen LogP contribution in [0.3, 0.4) is 0 Å². The van der Waals surface area contributed by atoms with E-state index >= 15 is 0 Å². The van der Waals surface area contributed by atoms with Crippen molar-refractivity contribution < 1.29 is 13.5 Å². The molecule has 0 aliphatic carbocycles. The fourth-order valence-electron chi connectivity index (χ4n) is 0.875. The molecule has 0 amide bonds. The van der Waals surface area contributed by atoms with Crippen molar-refractivity contribution in [2.45, 2.75) is 0 Å². The zero-order chi connectivity index (χ0) is 10.8. The van der Waals surface area contributed by atoms with Crippen LogP contribution < -0.4 is 4.74 Å². The Bertz CT molecular complexity index is 491. The molecule has 0 aliphatic rings. The van der Waals surface area contributed by atoms with E-state index in [1.165, 1.54) is 6.07 Å². The maximum atomic E-state index is 12.8. The molecule has 0 N–H and O–H groups in total. The first kappa shape index (κ1) is 10.4. The Kier molecular flexibility index (Phi) is 2.92. The highest BCUT2D eigenvalue weighted by Crippen LogP contribution is 2.28. The summed E-state index contributed by atoms with van der Waals surface area (Å²) in [5.74, 6) is -1.70. The summed E-state index contributed by atoms with van der Waals surface area (Å²) in [7, 11) is 0. The number of aromatic nitrogens is 2. The lowest BCUT2D eigenvalue weighted by Gasteiger charge is -2.00. The van der Waals surface area contributed by atoms with Crippen molar-refractivity contribution in [1.29, 1.82) is 0 Å². The van der Waals surface area contributed by atoms with Crippen LogP contribution in [0.5, 0.6) is 10.9 Å². The number of hydrogen-bond acceptors (Lipinski definition) is 4. The standard InChI is InChI=1S/C8H3BrF2N2OS/c9-7-12-13-8(15-7)14-4-1-2-5(10)6(11)3-4/h1-3H. The molecule has 0 spiro atoms. The van der Waals surface area contributed by atoms with Crippen LogP contribution in [0.1, 0.15) is 0 Å². The summed E-state index contributed by atoms with van der Waals surface area (Å²) >= 11 is 4.25. The lowest BCUT2D eigenvalue weighted by atomic mass is 10.3. The van der Waals surface area contributed by atoms with Gasteiger partial charge in [-0.2, -0.15) is 0 Å². The topological polar surface area (TPSA) is 35.0 Å². The average molecular weight is 293 g/mol. The Hall–Kier alpha value is -1.08.